The highest BCUT2D eigenvalue weighted by molar-refractivity contribution is 7.15. The molecule has 0 aliphatic rings. The van der Waals surface area contributed by atoms with E-state index in [4.69, 9.17) is 16.3 Å². The molecule has 0 fully saturated rings. The van der Waals surface area contributed by atoms with Gasteiger partial charge in [0.25, 0.3) is 5.91 Å². The van der Waals surface area contributed by atoms with Crippen molar-refractivity contribution in [3.05, 3.63) is 70.2 Å². The van der Waals surface area contributed by atoms with Crippen molar-refractivity contribution < 1.29 is 9.53 Å². The van der Waals surface area contributed by atoms with Crippen LogP contribution in [-0.4, -0.2) is 23.2 Å². The topological polar surface area (TPSA) is 64.1 Å². The van der Waals surface area contributed by atoms with Gasteiger partial charge in [0, 0.05) is 5.69 Å². The minimum Gasteiger partial charge on any atom is -0.497 e. The fourth-order valence-electron chi connectivity index (χ4n) is 2.06. The molecule has 0 saturated heterocycles. The molecule has 3 aromatic rings. The minimum absolute atomic E-state index is 0.246. The molecule has 3 rings (SSSR count). The zero-order valence-corrected chi connectivity index (χ0v) is 14.8. The summed E-state index contributed by atoms with van der Waals surface area (Å²) in [4.78, 5) is 12.2. The molecule has 0 spiro atoms. The number of methoxy groups -OCH3 is 1. The number of anilines is 1. The summed E-state index contributed by atoms with van der Waals surface area (Å²) in [5.41, 5.74) is 1.57. The second-order valence-electron chi connectivity index (χ2n) is 5.00. The van der Waals surface area contributed by atoms with Crippen LogP contribution in [0, 0.1) is 0 Å². The first-order valence-electron chi connectivity index (χ1n) is 7.37. The van der Waals surface area contributed by atoms with Crippen molar-refractivity contribution >= 4 is 45.6 Å². The second kappa shape index (κ2) is 7.92. The van der Waals surface area contributed by atoms with Crippen LogP contribution in [0.3, 0.4) is 0 Å². The molecular formula is C18H14ClN3O2S. The molecule has 1 heterocycles. The lowest BCUT2D eigenvalue weighted by Crippen LogP contribution is -2.11. The summed E-state index contributed by atoms with van der Waals surface area (Å²) in [6.07, 6.45) is 1.75. The molecule has 0 unspecified atom stereocenters. The Balaban J connectivity index is 1.75. The third kappa shape index (κ3) is 4.43. The Kier molecular flexibility index (Phi) is 5.42. The quantitative estimate of drug-likeness (QED) is 0.715. The molecular weight excluding hydrogens is 358 g/mol. The number of halogens is 1. The van der Waals surface area contributed by atoms with Crippen molar-refractivity contribution in [1.29, 1.82) is 0 Å². The number of benzene rings is 2. The summed E-state index contributed by atoms with van der Waals surface area (Å²) < 4.78 is 5.18. The lowest BCUT2D eigenvalue weighted by Gasteiger charge is -2.01. The molecule has 0 saturated carbocycles. The van der Waals surface area contributed by atoms with Crippen molar-refractivity contribution in [2.24, 2.45) is 0 Å². The number of ether oxygens (including phenoxy) is 1. The van der Waals surface area contributed by atoms with E-state index in [1.54, 1.807) is 25.3 Å². The molecule has 0 aliphatic carbocycles. The zero-order chi connectivity index (χ0) is 17.6. The first kappa shape index (κ1) is 17.1. The number of hydrogen-bond acceptors (Lipinski definition) is 5. The zero-order valence-electron chi connectivity index (χ0n) is 13.3. The highest BCUT2D eigenvalue weighted by Crippen LogP contribution is 2.26. The molecule has 0 atom stereocenters. The fraction of sp³-hybridized carbons (Fsp3) is 0.0556. The summed E-state index contributed by atoms with van der Waals surface area (Å²) in [7, 11) is 1.60. The van der Waals surface area contributed by atoms with E-state index >= 15 is 0 Å². The lowest BCUT2D eigenvalue weighted by atomic mass is 10.2. The maximum atomic E-state index is 12.2. The third-order valence-electron chi connectivity index (χ3n) is 3.24. The smallest absolute Gasteiger partial charge is 0.286 e. The number of carbonyl (C=O) groups excluding carboxylic acids is 1. The van der Waals surface area contributed by atoms with Gasteiger partial charge >= 0.3 is 0 Å². The molecule has 1 N–H and O–H groups in total. The Bertz CT molecular complexity index is 909. The number of hydrogen-bond donors (Lipinski definition) is 1. The molecule has 126 valence electrons. The molecule has 5 nitrogen and oxygen atoms in total. The van der Waals surface area contributed by atoms with Crippen LogP contribution in [0.15, 0.2) is 54.6 Å². The molecule has 1 amide bonds. The van der Waals surface area contributed by atoms with Gasteiger partial charge in [-0.05, 0) is 35.9 Å². The van der Waals surface area contributed by atoms with Gasteiger partial charge in [0.2, 0.25) is 5.01 Å². The van der Waals surface area contributed by atoms with Crippen LogP contribution in [0.4, 0.5) is 5.69 Å². The lowest BCUT2D eigenvalue weighted by molar-refractivity contribution is 0.102. The first-order valence-corrected chi connectivity index (χ1v) is 8.56. The Labute approximate surface area is 153 Å². The maximum absolute atomic E-state index is 12.2. The van der Waals surface area contributed by atoms with E-state index in [1.165, 1.54) is 0 Å². The summed E-state index contributed by atoms with van der Waals surface area (Å²) in [6, 6.07) is 16.6. The number of para-hydroxylation sites is 1. The van der Waals surface area contributed by atoms with E-state index in [0.717, 1.165) is 22.6 Å². The van der Waals surface area contributed by atoms with Crippen molar-refractivity contribution in [3.63, 3.8) is 0 Å². The summed E-state index contributed by atoms with van der Waals surface area (Å²) in [6.45, 7) is 0. The van der Waals surface area contributed by atoms with E-state index in [9.17, 15) is 4.79 Å². The van der Waals surface area contributed by atoms with Gasteiger partial charge in [0.15, 0.2) is 5.01 Å². The van der Waals surface area contributed by atoms with Crippen molar-refractivity contribution in [2.75, 3.05) is 12.4 Å². The van der Waals surface area contributed by atoms with Gasteiger partial charge in [-0.15, -0.1) is 10.2 Å². The van der Waals surface area contributed by atoms with Crippen LogP contribution >= 0.6 is 22.9 Å². The van der Waals surface area contributed by atoms with Gasteiger partial charge in [0.1, 0.15) is 5.75 Å². The van der Waals surface area contributed by atoms with E-state index in [2.05, 4.69) is 15.5 Å². The average molecular weight is 372 g/mol. The third-order valence-corrected chi connectivity index (χ3v) is 4.60. The number of carbonyl (C=O) groups is 1. The van der Waals surface area contributed by atoms with Gasteiger partial charge < -0.3 is 10.1 Å². The van der Waals surface area contributed by atoms with Gasteiger partial charge in [-0.1, -0.05) is 53.3 Å². The molecule has 25 heavy (non-hydrogen) atoms. The van der Waals surface area contributed by atoms with Crippen LogP contribution < -0.4 is 10.1 Å². The number of aromatic nitrogens is 2. The number of rotatable bonds is 5. The van der Waals surface area contributed by atoms with Gasteiger partial charge in [0.05, 0.1) is 12.1 Å². The highest BCUT2D eigenvalue weighted by atomic mass is 35.5. The predicted octanol–water partition coefficient (Wildman–Crippen LogP) is 4.54. The summed E-state index contributed by atoms with van der Waals surface area (Å²) in [5, 5.41) is 11.8. The summed E-state index contributed by atoms with van der Waals surface area (Å²) >= 11 is 7.44. The van der Waals surface area contributed by atoms with Crippen LogP contribution in [-0.2, 0) is 0 Å². The summed E-state index contributed by atoms with van der Waals surface area (Å²) in [5.74, 6) is 0.416. The molecule has 1 aromatic heterocycles. The Morgan fingerprint density at radius 2 is 1.88 bits per heavy atom. The molecule has 0 aliphatic heterocycles. The standard InChI is InChI=1S/C18H14ClN3O2S/c1-24-14-9-5-6-12(10-14)11-15(19)17-21-22-18(25-17)16(23)20-13-7-3-2-4-8-13/h2-11H,1H3,(H,20,23). The van der Waals surface area contributed by atoms with Crippen LogP contribution in [0.2, 0.25) is 0 Å². The highest BCUT2D eigenvalue weighted by Gasteiger charge is 2.14. The van der Waals surface area contributed by atoms with Crippen molar-refractivity contribution in [3.8, 4) is 5.75 Å². The SMILES string of the molecule is COc1cccc(C=C(Cl)c2nnc(C(=O)Nc3ccccc3)s2)c1. The van der Waals surface area contributed by atoms with Gasteiger partial charge in [-0.2, -0.15) is 0 Å². The van der Waals surface area contributed by atoms with Crippen molar-refractivity contribution in [2.45, 2.75) is 0 Å². The molecule has 0 radical (unpaired) electrons. The molecule has 0 bridgehead atoms. The average Bonchev–Trinajstić information content (AvgIpc) is 3.13. The second-order valence-corrected chi connectivity index (χ2v) is 6.39. The van der Waals surface area contributed by atoms with E-state index in [0.29, 0.717) is 15.7 Å². The first-order chi connectivity index (χ1) is 12.2. The van der Waals surface area contributed by atoms with Crippen molar-refractivity contribution in [1.82, 2.24) is 10.2 Å². The predicted molar refractivity (Wildman–Crippen MR) is 101 cm³/mol. The van der Waals surface area contributed by atoms with E-state index < -0.39 is 0 Å². The number of nitrogens with one attached hydrogen (secondary N) is 1. The van der Waals surface area contributed by atoms with Crippen LogP contribution in [0.1, 0.15) is 20.4 Å². The maximum Gasteiger partial charge on any atom is 0.286 e. The van der Waals surface area contributed by atoms with E-state index in [-0.39, 0.29) is 10.9 Å². The number of amides is 1. The largest absolute Gasteiger partial charge is 0.497 e. The molecule has 2 aromatic carbocycles. The van der Waals surface area contributed by atoms with Gasteiger partial charge in [-0.3, -0.25) is 4.79 Å². The normalized spacial score (nSPS) is 11.2. The van der Waals surface area contributed by atoms with Crippen LogP contribution in [0.25, 0.3) is 11.1 Å². The Hall–Kier alpha value is -2.70. The monoisotopic (exact) mass is 371 g/mol. The van der Waals surface area contributed by atoms with Gasteiger partial charge in [-0.25, -0.2) is 0 Å². The fourth-order valence-corrected chi connectivity index (χ4v) is 2.98. The Morgan fingerprint density at radius 3 is 2.64 bits per heavy atom. The minimum atomic E-state index is -0.319. The van der Waals surface area contributed by atoms with E-state index in [1.807, 2.05) is 42.5 Å². The molecule has 7 heteroatoms. The van der Waals surface area contributed by atoms with Crippen LogP contribution in [0.5, 0.6) is 5.75 Å². The number of nitrogens with zero attached hydrogens (tertiary/aromatic N) is 2. The Morgan fingerprint density at radius 1 is 1.12 bits per heavy atom.